The lowest BCUT2D eigenvalue weighted by Gasteiger charge is -2.31. The second kappa shape index (κ2) is 31.4. The molecule has 1 aliphatic heterocycles. The second-order valence-electron chi connectivity index (χ2n) is 16.6. The molecule has 2 rings (SSSR count). The van der Waals surface area contributed by atoms with Gasteiger partial charge in [-0.2, -0.15) is 0 Å². The molecule has 0 aliphatic carbocycles. The van der Waals surface area contributed by atoms with Crippen molar-refractivity contribution in [2.24, 2.45) is 0 Å². The first kappa shape index (κ1) is 57.6. The number of hydrogen-bond acceptors (Lipinski definition) is 3. The molecule has 4 heteroatoms. The van der Waals surface area contributed by atoms with E-state index in [1.165, 1.54) is 0 Å². The number of ether oxygens (including phenoxy) is 1. The zero-order chi connectivity index (χ0) is 51.3. The fourth-order valence-electron chi connectivity index (χ4n) is 7.14. The maximum absolute atomic E-state index is 5.99. The fourth-order valence-corrected chi connectivity index (χ4v) is 7.14. The summed E-state index contributed by atoms with van der Waals surface area (Å²) in [5.74, 6) is 0.954. The number of nitrogens with zero attached hydrogens (tertiary/aromatic N) is 2. The van der Waals surface area contributed by atoms with Crippen LogP contribution in [-0.4, -0.2) is 17.6 Å². The van der Waals surface area contributed by atoms with Gasteiger partial charge in [-0.3, -0.25) is 0 Å². The highest BCUT2D eigenvalue weighted by molar-refractivity contribution is 6.21. The highest BCUT2D eigenvalue weighted by Crippen LogP contribution is 2.33. The monoisotopic (exact) mass is 913 g/mol. The molecule has 69 heavy (non-hydrogen) atoms. The van der Waals surface area contributed by atoms with Crippen LogP contribution in [0.2, 0.25) is 0 Å². The van der Waals surface area contributed by atoms with E-state index in [0.29, 0.717) is 17.9 Å². The van der Waals surface area contributed by atoms with Crippen LogP contribution in [0.25, 0.3) is 5.57 Å². The molecule has 0 aromatic heterocycles. The highest BCUT2D eigenvalue weighted by atomic mass is 16.5. The number of hydrogen-bond donors (Lipinski definition) is 0. The summed E-state index contributed by atoms with van der Waals surface area (Å²) >= 11 is 0. The van der Waals surface area contributed by atoms with Crippen molar-refractivity contribution in [2.75, 3.05) is 0 Å². The summed E-state index contributed by atoms with van der Waals surface area (Å²) in [6.45, 7) is 50.9. The van der Waals surface area contributed by atoms with E-state index in [0.717, 1.165) is 97.1 Å². The van der Waals surface area contributed by atoms with Crippen LogP contribution in [0.3, 0.4) is 0 Å². The molecular weight excluding hydrogens is 836 g/mol. The molecule has 356 valence electrons. The summed E-state index contributed by atoms with van der Waals surface area (Å²) in [6.07, 6.45) is 51.6. The van der Waals surface area contributed by atoms with E-state index in [1.54, 1.807) is 6.08 Å². The van der Waals surface area contributed by atoms with Gasteiger partial charge in [-0.1, -0.05) is 175 Å². The maximum atomic E-state index is 5.99. The Morgan fingerprint density at radius 3 is 2.07 bits per heavy atom. The highest BCUT2D eigenvalue weighted by Gasteiger charge is 2.20. The van der Waals surface area contributed by atoms with Gasteiger partial charge in [-0.25, -0.2) is 0 Å². The standard InChI is InChI=1S/C65H77BN2O/c1-17-23-24-25-26-27-29-36-54(12)67(56(14)47-53(11)66)65(22-6)64(33-18-2)60(20-4)48-59(19-3)51(9)39-41-55(13)68(62(21-5)43-40-52(10)61-37-30-28-31-38-61)63-44-42-57(15)69-58(16)45-49(7)34-32-35-50(8)46-63/h17-23,26-34,36-48H,2,4-5,8,12,14-16,24-25,35,66H2,1,3,6-7,9-11,13H3/b23-17-,27-26-,34-32-,36-29-,44-42-,49-45-,51-39+,52-40+,53-47+,55-41+,59-19+,60-48-,62-43+,63-46+,64-33-,65-22+. The van der Waals surface area contributed by atoms with Gasteiger partial charge in [0.05, 0.1) is 0 Å². The molecule has 0 saturated heterocycles. The number of allylic oxidation sites excluding steroid dienone is 32. The topological polar surface area (TPSA) is 15.7 Å². The van der Waals surface area contributed by atoms with Crippen molar-refractivity contribution in [3.63, 3.8) is 0 Å². The van der Waals surface area contributed by atoms with Crippen LogP contribution in [-0.2, 0) is 4.74 Å². The molecule has 1 heterocycles. The van der Waals surface area contributed by atoms with E-state index in [1.807, 2.05) is 101 Å². The largest absolute Gasteiger partial charge is 0.459 e. The van der Waals surface area contributed by atoms with E-state index >= 15 is 0 Å². The Morgan fingerprint density at radius 2 is 1.45 bits per heavy atom. The molecule has 1 aromatic carbocycles. The van der Waals surface area contributed by atoms with Gasteiger partial charge in [0.1, 0.15) is 19.4 Å². The summed E-state index contributed by atoms with van der Waals surface area (Å²) in [7, 11) is 2.06. The molecule has 0 radical (unpaired) electrons. The average molecular weight is 913 g/mol. The van der Waals surface area contributed by atoms with Gasteiger partial charge in [0.2, 0.25) is 0 Å². The van der Waals surface area contributed by atoms with Crippen molar-refractivity contribution in [3.8, 4) is 0 Å². The van der Waals surface area contributed by atoms with Gasteiger partial charge in [-0.15, -0.1) is 5.47 Å². The third-order valence-corrected chi connectivity index (χ3v) is 10.6. The smallest absolute Gasteiger partial charge is 0.133 e. The Bertz CT molecular complexity index is 2590. The summed E-state index contributed by atoms with van der Waals surface area (Å²) in [4.78, 5) is 4.25. The molecule has 0 atom stereocenters. The zero-order valence-electron chi connectivity index (χ0n) is 43.3. The minimum Gasteiger partial charge on any atom is -0.459 e. The Labute approximate surface area is 419 Å². The van der Waals surface area contributed by atoms with Crippen LogP contribution in [0.15, 0.2) is 313 Å². The molecule has 3 nitrogen and oxygen atoms in total. The first-order chi connectivity index (χ1) is 33.0. The third kappa shape index (κ3) is 20.1. The first-order valence-electron chi connectivity index (χ1n) is 23.5. The molecule has 0 amide bonds. The summed E-state index contributed by atoms with van der Waals surface area (Å²) in [5, 5.41) is 0. The second-order valence-corrected chi connectivity index (χ2v) is 16.6. The molecule has 1 aromatic rings. The van der Waals surface area contributed by atoms with Crippen LogP contribution in [0.1, 0.15) is 80.2 Å². The third-order valence-electron chi connectivity index (χ3n) is 10.6. The SMILES string of the molecule is B/C(C)=C/C(=C)N(C(=C)/C=C\C=C/CC/C=C\C)C(=C/C)/C(=C\C=C)C(/C=C)=C\C(=C/C)C(\C)=C\C=C(/C)N(/C(C=C)=C/C=C(\C)c1ccccc1)C1=C/C(=C)C/C=C\C(C)=C/C(=C)OC(=C)/C=C\1. The predicted molar refractivity (Wildman–Crippen MR) is 310 cm³/mol. The Hall–Kier alpha value is -7.56. The van der Waals surface area contributed by atoms with Crippen LogP contribution in [0, 0.1) is 0 Å². The summed E-state index contributed by atoms with van der Waals surface area (Å²) in [6, 6.07) is 10.3. The lowest BCUT2D eigenvalue weighted by molar-refractivity contribution is 0.339. The van der Waals surface area contributed by atoms with Gasteiger partial charge in [0, 0.05) is 39.8 Å². The molecule has 1 aliphatic rings. The van der Waals surface area contributed by atoms with Gasteiger partial charge >= 0.3 is 0 Å². The van der Waals surface area contributed by atoms with E-state index in [2.05, 4.69) is 195 Å². The van der Waals surface area contributed by atoms with Crippen LogP contribution >= 0.6 is 0 Å². The fraction of sp³-hybridized carbons (Fsp3) is 0.169. The Kier molecular flexibility index (Phi) is 26.2. The molecule has 0 spiro atoms. The minimum absolute atomic E-state index is 0.451. The van der Waals surface area contributed by atoms with Gasteiger partial charge in [0.25, 0.3) is 0 Å². The van der Waals surface area contributed by atoms with Gasteiger partial charge < -0.3 is 14.5 Å². The molecule has 0 N–H and O–H groups in total. The summed E-state index contributed by atoms with van der Waals surface area (Å²) < 4.78 is 5.99. The number of rotatable bonds is 22. The van der Waals surface area contributed by atoms with E-state index in [-0.39, 0.29) is 0 Å². The van der Waals surface area contributed by atoms with Gasteiger partial charge in [-0.05, 0) is 167 Å². The minimum atomic E-state index is 0.451. The quantitative estimate of drug-likeness (QED) is 0.0499. The van der Waals surface area contributed by atoms with Crippen molar-refractivity contribution in [1.82, 2.24) is 9.80 Å². The van der Waals surface area contributed by atoms with Crippen molar-refractivity contribution in [1.29, 1.82) is 0 Å². The van der Waals surface area contributed by atoms with Crippen LogP contribution in [0.5, 0.6) is 0 Å². The predicted octanol–water partition coefficient (Wildman–Crippen LogP) is 17.7. The van der Waals surface area contributed by atoms with Crippen LogP contribution in [0.4, 0.5) is 0 Å². The van der Waals surface area contributed by atoms with Crippen molar-refractivity contribution in [3.05, 3.63) is 319 Å². The molecule has 0 bridgehead atoms. The summed E-state index contributed by atoms with van der Waals surface area (Å²) in [5.41, 5.74) is 14.3. The Morgan fingerprint density at radius 1 is 0.739 bits per heavy atom. The van der Waals surface area contributed by atoms with E-state index < -0.39 is 0 Å². The normalized spacial score (nSPS) is 18.4. The average Bonchev–Trinajstić information content (AvgIpc) is 3.32. The van der Waals surface area contributed by atoms with Crippen LogP contribution < -0.4 is 0 Å². The molecular formula is C65H77BN2O. The van der Waals surface area contributed by atoms with Crippen molar-refractivity contribution >= 4 is 13.4 Å². The first-order valence-corrected chi connectivity index (χ1v) is 23.5. The lowest BCUT2D eigenvalue weighted by Crippen LogP contribution is -2.21. The number of unbranched alkanes of at least 4 members (excludes halogenated alkanes) is 1. The molecule has 0 saturated carbocycles. The number of benzene rings is 1. The Balaban J connectivity index is 2.86. The molecule has 0 fully saturated rings. The zero-order valence-corrected chi connectivity index (χ0v) is 43.3. The maximum Gasteiger partial charge on any atom is 0.133 e. The van der Waals surface area contributed by atoms with E-state index in [4.69, 9.17) is 4.74 Å². The molecule has 0 unspecified atom stereocenters. The van der Waals surface area contributed by atoms with Crippen molar-refractivity contribution in [2.45, 2.75) is 74.7 Å². The van der Waals surface area contributed by atoms with E-state index in [9.17, 15) is 0 Å². The van der Waals surface area contributed by atoms with Gasteiger partial charge in [0.15, 0.2) is 0 Å². The van der Waals surface area contributed by atoms with Crippen molar-refractivity contribution < 1.29 is 4.74 Å². The lowest BCUT2D eigenvalue weighted by atomic mass is 9.94.